The number of carbonyl (C=O) groups is 1. The van der Waals surface area contributed by atoms with Gasteiger partial charge in [0.25, 0.3) is 0 Å². The average molecular weight is 267 g/mol. The van der Waals surface area contributed by atoms with E-state index in [0.717, 1.165) is 19.5 Å². The summed E-state index contributed by atoms with van der Waals surface area (Å²) in [6, 6.07) is 0. The first-order valence-electron chi connectivity index (χ1n) is 7.90. The van der Waals surface area contributed by atoms with Crippen LogP contribution in [0.5, 0.6) is 0 Å². The van der Waals surface area contributed by atoms with Gasteiger partial charge in [-0.05, 0) is 30.1 Å². The van der Waals surface area contributed by atoms with E-state index in [-0.39, 0.29) is 16.7 Å². The van der Waals surface area contributed by atoms with Crippen LogP contribution in [0.1, 0.15) is 73.6 Å². The lowest BCUT2D eigenvalue weighted by Gasteiger charge is -2.37. The fourth-order valence-corrected chi connectivity index (χ4v) is 2.89. The predicted octanol–water partition coefficient (Wildman–Crippen LogP) is 4.49. The first-order chi connectivity index (χ1) is 8.61. The van der Waals surface area contributed by atoms with Crippen LogP contribution >= 0.6 is 0 Å². The third-order valence-corrected chi connectivity index (χ3v) is 4.08. The molecule has 0 aromatic carbocycles. The Labute approximate surface area is 119 Å². The maximum Gasteiger partial charge on any atom is 0.226 e. The summed E-state index contributed by atoms with van der Waals surface area (Å²) in [5.74, 6) is 0.537. The van der Waals surface area contributed by atoms with Gasteiger partial charge in [0.05, 0.1) is 0 Å². The zero-order valence-electron chi connectivity index (χ0n) is 13.9. The van der Waals surface area contributed by atoms with Crippen LogP contribution < -0.4 is 0 Å². The molecule has 0 N–H and O–H groups in total. The van der Waals surface area contributed by atoms with Crippen LogP contribution in [0, 0.1) is 16.7 Å². The predicted molar refractivity (Wildman–Crippen MR) is 82.1 cm³/mol. The van der Waals surface area contributed by atoms with Crippen molar-refractivity contribution in [2.75, 3.05) is 13.1 Å². The fourth-order valence-electron chi connectivity index (χ4n) is 2.89. The molecular formula is C17H33NO. The lowest BCUT2D eigenvalue weighted by molar-refractivity contribution is -0.140. The largest absolute Gasteiger partial charge is 0.342 e. The van der Waals surface area contributed by atoms with Crippen LogP contribution in [0.2, 0.25) is 0 Å². The number of likely N-dealkylation sites (tertiary alicyclic amines) is 1. The standard InChI is InChI=1S/C17H33NO/c1-16(2,3)13-14(17(4,5)6)15(19)18-11-9-7-8-10-12-18/h14H,7-13H2,1-6H3. The van der Waals surface area contributed by atoms with Gasteiger partial charge in [-0.3, -0.25) is 4.79 Å². The van der Waals surface area contributed by atoms with E-state index >= 15 is 0 Å². The smallest absolute Gasteiger partial charge is 0.226 e. The van der Waals surface area contributed by atoms with Crippen LogP contribution in [0.3, 0.4) is 0 Å². The maximum atomic E-state index is 12.9. The molecule has 2 nitrogen and oxygen atoms in total. The van der Waals surface area contributed by atoms with Crippen LogP contribution in [0.25, 0.3) is 0 Å². The van der Waals surface area contributed by atoms with Crippen molar-refractivity contribution in [1.29, 1.82) is 0 Å². The van der Waals surface area contributed by atoms with E-state index in [1.54, 1.807) is 0 Å². The van der Waals surface area contributed by atoms with E-state index in [9.17, 15) is 4.79 Å². The SMILES string of the molecule is CC(C)(C)CC(C(=O)N1CCCCCC1)C(C)(C)C. The fraction of sp³-hybridized carbons (Fsp3) is 0.941. The Morgan fingerprint density at radius 2 is 1.42 bits per heavy atom. The zero-order chi connectivity index (χ0) is 14.7. The zero-order valence-corrected chi connectivity index (χ0v) is 13.9. The summed E-state index contributed by atoms with van der Waals surface area (Å²) in [4.78, 5) is 15.0. The lowest BCUT2D eigenvalue weighted by atomic mass is 9.71. The first-order valence-corrected chi connectivity index (χ1v) is 7.90. The normalized spacial score (nSPS) is 20.0. The molecule has 1 rings (SSSR count). The molecule has 1 fully saturated rings. The number of amides is 1. The van der Waals surface area contributed by atoms with E-state index in [2.05, 4.69) is 46.4 Å². The quantitative estimate of drug-likeness (QED) is 0.722. The molecule has 1 atom stereocenters. The van der Waals surface area contributed by atoms with Gasteiger partial charge in [-0.15, -0.1) is 0 Å². The number of nitrogens with zero attached hydrogens (tertiary/aromatic N) is 1. The Morgan fingerprint density at radius 3 is 1.79 bits per heavy atom. The molecule has 0 spiro atoms. The van der Waals surface area contributed by atoms with Gasteiger partial charge in [0.1, 0.15) is 0 Å². The third kappa shape index (κ3) is 5.54. The number of rotatable bonds is 2. The Kier molecular flexibility index (Phi) is 5.46. The Morgan fingerprint density at radius 1 is 0.947 bits per heavy atom. The van der Waals surface area contributed by atoms with Crippen molar-refractivity contribution >= 4 is 5.91 Å². The van der Waals surface area contributed by atoms with Gasteiger partial charge in [-0.25, -0.2) is 0 Å². The van der Waals surface area contributed by atoms with Crippen LogP contribution in [0.4, 0.5) is 0 Å². The molecule has 112 valence electrons. The molecule has 2 heteroatoms. The van der Waals surface area contributed by atoms with Crippen molar-refractivity contribution in [2.45, 2.75) is 73.6 Å². The second-order valence-corrected chi connectivity index (χ2v) is 8.42. The summed E-state index contributed by atoms with van der Waals surface area (Å²) in [5, 5.41) is 0. The molecule has 1 aliphatic rings. The minimum atomic E-state index is 0.0522. The molecule has 0 radical (unpaired) electrons. The molecule has 1 saturated heterocycles. The maximum absolute atomic E-state index is 12.9. The van der Waals surface area contributed by atoms with Gasteiger partial charge < -0.3 is 4.90 Å². The molecule has 0 saturated carbocycles. The molecular weight excluding hydrogens is 234 g/mol. The molecule has 0 bridgehead atoms. The average Bonchev–Trinajstić information content (AvgIpc) is 2.50. The van der Waals surface area contributed by atoms with Crippen molar-refractivity contribution in [3.63, 3.8) is 0 Å². The van der Waals surface area contributed by atoms with Gasteiger partial charge in [-0.1, -0.05) is 54.4 Å². The van der Waals surface area contributed by atoms with Gasteiger partial charge in [-0.2, -0.15) is 0 Å². The Bertz CT molecular complexity index is 287. The summed E-state index contributed by atoms with van der Waals surface area (Å²) in [5.41, 5.74) is 0.260. The minimum Gasteiger partial charge on any atom is -0.342 e. The van der Waals surface area contributed by atoms with E-state index in [0.29, 0.717) is 5.91 Å². The Balaban J connectivity index is 2.81. The highest BCUT2D eigenvalue weighted by Gasteiger charge is 2.36. The van der Waals surface area contributed by atoms with Gasteiger partial charge in [0.15, 0.2) is 0 Å². The van der Waals surface area contributed by atoms with Crippen LogP contribution in [-0.2, 0) is 4.79 Å². The van der Waals surface area contributed by atoms with E-state index < -0.39 is 0 Å². The van der Waals surface area contributed by atoms with Crippen LogP contribution in [-0.4, -0.2) is 23.9 Å². The number of carbonyl (C=O) groups excluding carboxylic acids is 1. The summed E-state index contributed by atoms with van der Waals surface area (Å²) in [6.07, 6.45) is 5.90. The molecule has 1 aliphatic heterocycles. The number of hydrogen-bond acceptors (Lipinski definition) is 1. The molecule has 0 aromatic rings. The summed E-state index contributed by atoms with van der Waals surface area (Å²) < 4.78 is 0. The molecule has 1 unspecified atom stereocenters. The monoisotopic (exact) mass is 267 g/mol. The number of hydrogen-bond donors (Lipinski definition) is 0. The molecule has 1 heterocycles. The lowest BCUT2D eigenvalue weighted by Crippen LogP contribution is -2.43. The van der Waals surface area contributed by atoms with E-state index in [1.807, 2.05) is 0 Å². The van der Waals surface area contributed by atoms with Crippen molar-refractivity contribution in [2.24, 2.45) is 16.7 Å². The van der Waals surface area contributed by atoms with E-state index in [4.69, 9.17) is 0 Å². The van der Waals surface area contributed by atoms with E-state index in [1.165, 1.54) is 25.7 Å². The summed E-state index contributed by atoms with van der Waals surface area (Å²) >= 11 is 0. The highest BCUT2D eigenvalue weighted by atomic mass is 16.2. The minimum absolute atomic E-state index is 0.0522. The third-order valence-electron chi connectivity index (χ3n) is 4.08. The second kappa shape index (κ2) is 6.28. The highest BCUT2D eigenvalue weighted by molar-refractivity contribution is 5.79. The van der Waals surface area contributed by atoms with Gasteiger partial charge in [0.2, 0.25) is 5.91 Å². The second-order valence-electron chi connectivity index (χ2n) is 8.42. The van der Waals surface area contributed by atoms with Crippen LogP contribution in [0.15, 0.2) is 0 Å². The molecule has 19 heavy (non-hydrogen) atoms. The first kappa shape index (κ1) is 16.5. The molecule has 0 aliphatic carbocycles. The topological polar surface area (TPSA) is 20.3 Å². The summed E-state index contributed by atoms with van der Waals surface area (Å²) in [6.45, 7) is 15.3. The molecule has 0 aromatic heterocycles. The highest BCUT2D eigenvalue weighted by Crippen LogP contribution is 2.37. The van der Waals surface area contributed by atoms with Crippen molar-refractivity contribution in [1.82, 2.24) is 4.90 Å². The van der Waals surface area contributed by atoms with Crippen molar-refractivity contribution in [3.05, 3.63) is 0 Å². The van der Waals surface area contributed by atoms with Gasteiger partial charge in [0, 0.05) is 19.0 Å². The van der Waals surface area contributed by atoms with Crippen molar-refractivity contribution in [3.8, 4) is 0 Å². The molecule has 1 amide bonds. The van der Waals surface area contributed by atoms with Gasteiger partial charge >= 0.3 is 0 Å². The Hall–Kier alpha value is -0.530. The van der Waals surface area contributed by atoms with Crippen molar-refractivity contribution < 1.29 is 4.79 Å². The summed E-state index contributed by atoms with van der Waals surface area (Å²) in [7, 11) is 0.